The van der Waals surface area contributed by atoms with Crippen molar-refractivity contribution in [2.45, 2.75) is 39.7 Å². The molecule has 0 unspecified atom stereocenters. The molecule has 1 aromatic carbocycles. The lowest BCUT2D eigenvalue weighted by atomic mass is 10.3. The van der Waals surface area contributed by atoms with Crippen molar-refractivity contribution in [2.24, 2.45) is 0 Å². The molecule has 0 saturated carbocycles. The van der Waals surface area contributed by atoms with E-state index in [0.717, 1.165) is 5.75 Å². The fraction of sp³-hybridized carbons (Fsp3) is 0.600. The summed E-state index contributed by atoms with van der Waals surface area (Å²) in [4.78, 5) is 25.5. The van der Waals surface area contributed by atoms with E-state index in [0.29, 0.717) is 38.5 Å². The highest BCUT2D eigenvalue weighted by Gasteiger charge is 2.16. The first-order chi connectivity index (χ1) is 13.0. The quantitative estimate of drug-likeness (QED) is 0.386. The lowest BCUT2D eigenvalue weighted by Crippen LogP contribution is -2.37. The normalized spacial score (nSPS) is 10.6. The second-order valence-corrected chi connectivity index (χ2v) is 6.17. The van der Waals surface area contributed by atoms with E-state index in [-0.39, 0.29) is 31.0 Å². The Kier molecular flexibility index (Phi) is 10.9. The monoisotopic (exact) mass is 381 g/mol. The SMILES string of the molecule is CCOc1ccc(OCC(=O)N(CCCOC(C)C)CCC(=O)OC)cc1. The molecule has 152 valence electrons. The molecule has 0 bridgehead atoms. The van der Waals surface area contributed by atoms with Gasteiger partial charge in [-0.05, 0) is 51.5 Å². The highest BCUT2D eigenvalue weighted by atomic mass is 16.5. The van der Waals surface area contributed by atoms with Gasteiger partial charge >= 0.3 is 5.97 Å². The molecular formula is C20H31NO6. The number of methoxy groups -OCH3 is 1. The molecule has 0 fully saturated rings. The number of ether oxygens (including phenoxy) is 4. The largest absolute Gasteiger partial charge is 0.494 e. The molecule has 1 rings (SSSR count). The van der Waals surface area contributed by atoms with E-state index >= 15 is 0 Å². The van der Waals surface area contributed by atoms with Crippen LogP contribution in [0, 0.1) is 0 Å². The second kappa shape index (κ2) is 13.0. The van der Waals surface area contributed by atoms with Crippen LogP contribution >= 0.6 is 0 Å². The fourth-order valence-corrected chi connectivity index (χ4v) is 2.30. The van der Waals surface area contributed by atoms with Crippen molar-refractivity contribution in [3.63, 3.8) is 0 Å². The first-order valence-electron chi connectivity index (χ1n) is 9.28. The zero-order chi connectivity index (χ0) is 20.1. The Morgan fingerprint density at radius 1 is 1.04 bits per heavy atom. The first-order valence-corrected chi connectivity index (χ1v) is 9.28. The van der Waals surface area contributed by atoms with E-state index in [1.165, 1.54) is 7.11 Å². The third-order valence-electron chi connectivity index (χ3n) is 3.69. The molecule has 0 atom stereocenters. The van der Waals surface area contributed by atoms with Crippen LogP contribution in [-0.4, -0.2) is 62.9 Å². The van der Waals surface area contributed by atoms with Gasteiger partial charge in [-0.25, -0.2) is 0 Å². The van der Waals surface area contributed by atoms with Crippen molar-refractivity contribution in [2.75, 3.05) is 40.0 Å². The molecule has 1 amide bonds. The molecule has 0 aliphatic heterocycles. The van der Waals surface area contributed by atoms with Crippen LogP contribution in [0.1, 0.15) is 33.6 Å². The van der Waals surface area contributed by atoms with Crippen molar-refractivity contribution >= 4 is 11.9 Å². The third-order valence-corrected chi connectivity index (χ3v) is 3.69. The lowest BCUT2D eigenvalue weighted by Gasteiger charge is -2.22. The lowest BCUT2D eigenvalue weighted by molar-refractivity contribution is -0.142. The van der Waals surface area contributed by atoms with Gasteiger partial charge in [0.1, 0.15) is 11.5 Å². The topological polar surface area (TPSA) is 74.3 Å². The molecule has 7 heteroatoms. The molecule has 27 heavy (non-hydrogen) atoms. The summed E-state index contributed by atoms with van der Waals surface area (Å²) in [6, 6.07) is 7.10. The minimum atomic E-state index is -0.348. The standard InChI is InChI=1S/C20H31NO6/c1-5-25-17-7-9-18(10-8-17)27-15-19(22)21(13-11-20(23)24-4)12-6-14-26-16(2)3/h7-10,16H,5-6,11-15H2,1-4H3. The first kappa shape index (κ1) is 22.8. The summed E-state index contributed by atoms with van der Waals surface area (Å²) < 4.78 is 21.1. The summed E-state index contributed by atoms with van der Waals surface area (Å²) in [5.74, 6) is 0.805. The highest BCUT2D eigenvalue weighted by Crippen LogP contribution is 2.17. The number of rotatable bonds is 13. The molecule has 7 nitrogen and oxygen atoms in total. The number of hydrogen-bond acceptors (Lipinski definition) is 6. The van der Waals surface area contributed by atoms with Gasteiger partial charge in [0.25, 0.3) is 5.91 Å². The zero-order valence-corrected chi connectivity index (χ0v) is 16.7. The van der Waals surface area contributed by atoms with E-state index in [9.17, 15) is 9.59 Å². The Morgan fingerprint density at radius 3 is 2.22 bits per heavy atom. The fourth-order valence-electron chi connectivity index (χ4n) is 2.30. The van der Waals surface area contributed by atoms with Crippen LogP contribution in [0.4, 0.5) is 0 Å². The third kappa shape index (κ3) is 9.84. The van der Waals surface area contributed by atoms with Crippen molar-refractivity contribution in [1.82, 2.24) is 4.90 Å². The molecule has 0 radical (unpaired) electrons. The Hall–Kier alpha value is -2.28. The zero-order valence-electron chi connectivity index (χ0n) is 16.7. The maximum Gasteiger partial charge on any atom is 0.307 e. The minimum Gasteiger partial charge on any atom is -0.494 e. The van der Waals surface area contributed by atoms with Crippen LogP contribution in [0.2, 0.25) is 0 Å². The van der Waals surface area contributed by atoms with Crippen LogP contribution in [0.15, 0.2) is 24.3 Å². The van der Waals surface area contributed by atoms with Crippen LogP contribution in [-0.2, 0) is 19.1 Å². The van der Waals surface area contributed by atoms with Gasteiger partial charge in [0.05, 0.1) is 26.2 Å². The van der Waals surface area contributed by atoms with Gasteiger partial charge < -0.3 is 23.8 Å². The van der Waals surface area contributed by atoms with E-state index in [2.05, 4.69) is 4.74 Å². The van der Waals surface area contributed by atoms with Gasteiger partial charge in [-0.15, -0.1) is 0 Å². The predicted molar refractivity (Wildman–Crippen MR) is 102 cm³/mol. The number of amides is 1. The van der Waals surface area contributed by atoms with E-state index in [1.54, 1.807) is 29.2 Å². The van der Waals surface area contributed by atoms with Crippen molar-refractivity contribution in [3.8, 4) is 11.5 Å². The summed E-state index contributed by atoms with van der Waals surface area (Å²) in [6.07, 6.45) is 0.983. The highest BCUT2D eigenvalue weighted by molar-refractivity contribution is 5.78. The Morgan fingerprint density at radius 2 is 1.67 bits per heavy atom. The van der Waals surface area contributed by atoms with Crippen molar-refractivity contribution in [1.29, 1.82) is 0 Å². The van der Waals surface area contributed by atoms with Crippen LogP contribution < -0.4 is 9.47 Å². The smallest absolute Gasteiger partial charge is 0.307 e. The summed E-state index contributed by atoms with van der Waals surface area (Å²) in [6.45, 7) is 7.68. The van der Waals surface area contributed by atoms with Gasteiger partial charge in [-0.3, -0.25) is 9.59 Å². The number of hydrogen-bond donors (Lipinski definition) is 0. The van der Waals surface area contributed by atoms with Gasteiger partial charge in [0, 0.05) is 19.7 Å². The average Bonchev–Trinajstić information content (AvgIpc) is 2.66. The minimum absolute atomic E-state index is 0.0970. The van der Waals surface area contributed by atoms with Crippen molar-refractivity contribution < 1.29 is 28.5 Å². The maximum atomic E-state index is 12.5. The number of nitrogens with zero attached hydrogens (tertiary/aromatic N) is 1. The van der Waals surface area contributed by atoms with Crippen molar-refractivity contribution in [3.05, 3.63) is 24.3 Å². The molecule has 0 aromatic heterocycles. The maximum absolute atomic E-state index is 12.5. The Labute approximate surface area is 161 Å². The van der Waals surface area contributed by atoms with Crippen LogP contribution in [0.25, 0.3) is 0 Å². The van der Waals surface area contributed by atoms with Gasteiger partial charge in [0.15, 0.2) is 6.61 Å². The Bertz CT molecular complexity index is 558. The second-order valence-electron chi connectivity index (χ2n) is 6.17. The van der Waals surface area contributed by atoms with Crippen LogP contribution in [0.5, 0.6) is 11.5 Å². The summed E-state index contributed by atoms with van der Waals surface area (Å²) in [5.41, 5.74) is 0. The molecular weight excluding hydrogens is 350 g/mol. The number of carbonyl (C=O) groups excluding carboxylic acids is 2. The summed E-state index contributed by atoms with van der Waals surface area (Å²) in [7, 11) is 1.33. The van der Waals surface area contributed by atoms with E-state index in [4.69, 9.17) is 14.2 Å². The molecule has 1 aromatic rings. The summed E-state index contributed by atoms with van der Waals surface area (Å²) >= 11 is 0. The average molecular weight is 381 g/mol. The van der Waals surface area contributed by atoms with Gasteiger partial charge in [-0.1, -0.05) is 0 Å². The van der Waals surface area contributed by atoms with Crippen LogP contribution in [0.3, 0.4) is 0 Å². The number of benzene rings is 1. The van der Waals surface area contributed by atoms with Gasteiger partial charge in [-0.2, -0.15) is 0 Å². The molecule has 0 aliphatic rings. The van der Waals surface area contributed by atoms with Gasteiger partial charge in [0.2, 0.25) is 0 Å². The van der Waals surface area contributed by atoms with E-state index in [1.807, 2.05) is 20.8 Å². The Balaban J connectivity index is 2.52. The number of carbonyl (C=O) groups is 2. The molecule has 0 saturated heterocycles. The molecule has 0 N–H and O–H groups in total. The summed E-state index contributed by atoms with van der Waals surface area (Å²) in [5, 5.41) is 0. The predicted octanol–water partition coefficient (Wildman–Crippen LogP) is 2.67. The molecule has 0 spiro atoms. The number of esters is 1. The molecule has 0 aliphatic carbocycles. The van der Waals surface area contributed by atoms with E-state index < -0.39 is 0 Å². The molecule has 0 heterocycles.